The lowest BCUT2D eigenvalue weighted by Gasteiger charge is -2.10. The monoisotopic (exact) mass is 361 g/mol. The molecule has 110 valence electrons. The van der Waals surface area contributed by atoms with E-state index in [2.05, 4.69) is 69.8 Å². The summed E-state index contributed by atoms with van der Waals surface area (Å²) in [5.74, 6) is 0. The zero-order chi connectivity index (χ0) is 14.5. The molecule has 1 N–H and O–H groups in total. The third-order valence-electron chi connectivity index (χ3n) is 3.87. The Balaban J connectivity index is 1.52. The lowest BCUT2D eigenvalue weighted by atomic mass is 10.2. The minimum atomic E-state index is 0.839. The summed E-state index contributed by atoms with van der Waals surface area (Å²) in [6, 6.07) is 17.3. The summed E-state index contributed by atoms with van der Waals surface area (Å²) in [4.78, 5) is 1.40. The maximum atomic E-state index is 3.48. The average Bonchev–Trinajstić information content (AvgIpc) is 3.01. The van der Waals surface area contributed by atoms with Crippen LogP contribution in [0.2, 0.25) is 0 Å². The highest BCUT2D eigenvalue weighted by Crippen LogP contribution is 2.34. The smallest absolute Gasteiger partial charge is 0.0400 e. The molecule has 0 atom stereocenters. The molecule has 1 nitrogen and oxygen atoms in total. The van der Waals surface area contributed by atoms with E-state index in [1.165, 1.54) is 41.8 Å². The summed E-state index contributed by atoms with van der Waals surface area (Å²) in [6.07, 6.45) is 5.58. The van der Waals surface area contributed by atoms with Crippen molar-refractivity contribution in [2.24, 2.45) is 0 Å². The van der Waals surface area contributed by atoms with Gasteiger partial charge >= 0.3 is 0 Å². The SMILES string of the molecule is Brc1ccc(CNc2ccc(SC3CCCC3)cc2)cc1. The van der Waals surface area contributed by atoms with Crippen molar-refractivity contribution < 1.29 is 0 Å². The van der Waals surface area contributed by atoms with Crippen LogP contribution < -0.4 is 5.32 Å². The summed E-state index contributed by atoms with van der Waals surface area (Å²) < 4.78 is 1.12. The normalized spacial score (nSPS) is 15.3. The molecule has 3 rings (SSSR count). The summed E-state index contributed by atoms with van der Waals surface area (Å²) >= 11 is 5.51. The van der Waals surface area contributed by atoms with Gasteiger partial charge in [0.1, 0.15) is 0 Å². The van der Waals surface area contributed by atoms with E-state index in [9.17, 15) is 0 Å². The Morgan fingerprint density at radius 3 is 2.29 bits per heavy atom. The van der Waals surface area contributed by atoms with Crippen molar-refractivity contribution in [1.29, 1.82) is 0 Å². The molecule has 21 heavy (non-hydrogen) atoms. The molecule has 1 fully saturated rings. The van der Waals surface area contributed by atoms with Gasteiger partial charge < -0.3 is 5.32 Å². The van der Waals surface area contributed by atoms with E-state index in [-0.39, 0.29) is 0 Å². The molecular formula is C18H20BrNS. The molecule has 0 bridgehead atoms. The Hall–Kier alpha value is -0.930. The maximum absolute atomic E-state index is 3.48. The van der Waals surface area contributed by atoms with Crippen LogP contribution in [0.1, 0.15) is 31.2 Å². The van der Waals surface area contributed by atoms with E-state index in [0.717, 1.165) is 16.3 Å². The fourth-order valence-corrected chi connectivity index (χ4v) is 4.17. The van der Waals surface area contributed by atoms with Gasteiger partial charge in [-0.2, -0.15) is 0 Å². The largest absolute Gasteiger partial charge is 0.381 e. The molecule has 0 saturated heterocycles. The van der Waals surface area contributed by atoms with Crippen LogP contribution in [-0.2, 0) is 6.54 Å². The van der Waals surface area contributed by atoms with Crippen LogP contribution in [0, 0.1) is 0 Å². The number of rotatable bonds is 5. The number of halogens is 1. The lowest BCUT2D eigenvalue weighted by molar-refractivity contribution is 0.886. The van der Waals surface area contributed by atoms with Gasteiger partial charge in [0.15, 0.2) is 0 Å². The third-order valence-corrected chi connectivity index (χ3v) is 5.75. The highest BCUT2D eigenvalue weighted by molar-refractivity contribution is 9.10. The Morgan fingerprint density at radius 1 is 0.952 bits per heavy atom. The van der Waals surface area contributed by atoms with Crippen LogP contribution in [0.5, 0.6) is 0 Å². The van der Waals surface area contributed by atoms with Crippen LogP contribution in [0.3, 0.4) is 0 Å². The Bertz CT molecular complexity index is 559. The molecule has 0 unspecified atom stereocenters. The average molecular weight is 362 g/mol. The predicted octanol–water partition coefficient (Wildman–Crippen LogP) is 6.10. The number of thioether (sulfide) groups is 1. The van der Waals surface area contributed by atoms with Crippen LogP contribution in [0.15, 0.2) is 57.9 Å². The van der Waals surface area contributed by atoms with Crippen molar-refractivity contribution in [3.63, 3.8) is 0 Å². The van der Waals surface area contributed by atoms with E-state index >= 15 is 0 Å². The summed E-state index contributed by atoms with van der Waals surface area (Å²) in [6.45, 7) is 0.863. The summed E-state index contributed by atoms with van der Waals surface area (Å²) in [5, 5.41) is 4.32. The van der Waals surface area contributed by atoms with Crippen molar-refractivity contribution in [3.05, 3.63) is 58.6 Å². The van der Waals surface area contributed by atoms with Gasteiger partial charge in [-0.25, -0.2) is 0 Å². The third kappa shape index (κ3) is 4.52. The molecule has 1 saturated carbocycles. The minimum absolute atomic E-state index is 0.839. The number of benzene rings is 2. The molecule has 0 aliphatic heterocycles. The first-order valence-electron chi connectivity index (χ1n) is 7.55. The maximum Gasteiger partial charge on any atom is 0.0400 e. The quantitative estimate of drug-likeness (QED) is 0.690. The van der Waals surface area contributed by atoms with Gasteiger partial charge in [-0.1, -0.05) is 40.9 Å². The van der Waals surface area contributed by atoms with Gasteiger partial charge in [-0.05, 0) is 54.8 Å². The Morgan fingerprint density at radius 2 is 1.62 bits per heavy atom. The molecular weight excluding hydrogens is 342 g/mol. The van der Waals surface area contributed by atoms with Crippen molar-refractivity contribution in [1.82, 2.24) is 0 Å². The van der Waals surface area contributed by atoms with Crippen molar-refractivity contribution in [2.75, 3.05) is 5.32 Å². The van der Waals surface area contributed by atoms with Gasteiger partial charge in [-0.3, -0.25) is 0 Å². The van der Waals surface area contributed by atoms with Gasteiger partial charge in [0, 0.05) is 26.9 Å². The minimum Gasteiger partial charge on any atom is -0.381 e. The van der Waals surface area contributed by atoms with Crippen molar-refractivity contribution in [2.45, 2.75) is 42.4 Å². The fourth-order valence-electron chi connectivity index (χ4n) is 2.66. The van der Waals surface area contributed by atoms with Crippen molar-refractivity contribution in [3.8, 4) is 0 Å². The number of hydrogen-bond donors (Lipinski definition) is 1. The molecule has 0 aromatic heterocycles. The number of anilines is 1. The number of nitrogens with one attached hydrogen (secondary N) is 1. The molecule has 0 heterocycles. The zero-order valence-electron chi connectivity index (χ0n) is 12.0. The Labute approximate surface area is 139 Å². The molecule has 2 aromatic carbocycles. The van der Waals surface area contributed by atoms with Gasteiger partial charge in [0.05, 0.1) is 0 Å². The second-order valence-corrected chi connectivity index (χ2v) is 7.82. The van der Waals surface area contributed by atoms with E-state index in [1.54, 1.807) is 0 Å². The standard InChI is InChI=1S/C18H20BrNS/c19-15-7-5-14(6-8-15)13-20-16-9-11-18(12-10-16)21-17-3-1-2-4-17/h5-12,17,20H,1-4,13H2. The molecule has 0 amide bonds. The van der Waals surface area contributed by atoms with Gasteiger partial charge in [0.2, 0.25) is 0 Å². The lowest BCUT2D eigenvalue weighted by Crippen LogP contribution is -1.99. The first kappa shape index (κ1) is 15.0. The van der Waals surface area contributed by atoms with E-state index in [1.807, 2.05) is 11.8 Å². The Kier molecular flexibility index (Phi) is 5.26. The second-order valence-electron chi connectivity index (χ2n) is 5.53. The fraction of sp³-hybridized carbons (Fsp3) is 0.333. The van der Waals surface area contributed by atoms with Gasteiger partial charge in [0.25, 0.3) is 0 Å². The van der Waals surface area contributed by atoms with Crippen LogP contribution in [0.25, 0.3) is 0 Å². The first-order chi connectivity index (χ1) is 10.3. The van der Waals surface area contributed by atoms with Crippen molar-refractivity contribution >= 4 is 33.4 Å². The van der Waals surface area contributed by atoms with E-state index < -0.39 is 0 Å². The number of hydrogen-bond acceptors (Lipinski definition) is 2. The molecule has 1 aliphatic carbocycles. The van der Waals surface area contributed by atoms with Crippen LogP contribution in [0.4, 0.5) is 5.69 Å². The molecule has 3 heteroatoms. The zero-order valence-corrected chi connectivity index (χ0v) is 14.4. The second kappa shape index (κ2) is 7.37. The summed E-state index contributed by atoms with van der Waals surface area (Å²) in [5.41, 5.74) is 2.48. The molecule has 0 radical (unpaired) electrons. The molecule has 1 aliphatic rings. The van der Waals surface area contributed by atoms with Crippen LogP contribution in [-0.4, -0.2) is 5.25 Å². The molecule has 2 aromatic rings. The highest BCUT2D eigenvalue weighted by Gasteiger charge is 2.15. The van der Waals surface area contributed by atoms with Gasteiger partial charge in [-0.15, -0.1) is 11.8 Å². The first-order valence-corrected chi connectivity index (χ1v) is 9.22. The molecule has 0 spiro atoms. The van der Waals surface area contributed by atoms with Crippen LogP contribution >= 0.6 is 27.7 Å². The van der Waals surface area contributed by atoms with E-state index in [0.29, 0.717) is 0 Å². The highest BCUT2D eigenvalue weighted by atomic mass is 79.9. The summed E-state index contributed by atoms with van der Waals surface area (Å²) in [7, 11) is 0. The van der Waals surface area contributed by atoms with E-state index in [4.69, 9.17) is 0 Å². The predicted molar refractivity (Wildman–Crippen MR) is 96.0 cm³/mol. The topological polar surface area (TPSA) is 12.0 Å².